The Balaban J connectivity index is 1.94. The van der Waals surface area contributed by atoms with E-state index in [2.05, 4.69) is 10.6 Å². The maximum absolute atomic E-state index is 11.8. The molecule has 1 fully saturated rings. The van der Waals surface area contributed by atoms with Gasteiger partial charge in [0.05, 0.1) is 11.7 Å². The maximum Gasteiger partial charge on any atom is 0.335 e. The fourth-order valence-electron chi connectivity index (χ4n) is 2.11. The van der Waals surface area contributed by atoms with Crippen LogP contribution >= 0.6 is 0 Å². The number of rotatable bonds is 4. The van der Waals surface area contributed by atoms with E-state index in [1.165, 1.54) is 12.1 Å². The topological polar surface area (TPSA) is 87.7 Å². The highest BCUT2D eigenvalue weighted by molar-refractivity contribution is 5.94. The lowest BCUT2D eigenvalue weighted by Gasteiger charge is -2.34. The standard InChI is InChI=1S/C14H18N2O4/c1-8-3-4-9(13(17)18)5-12(8)16-14(19)15-10-6-11(7-10)20-2/h3-5,10-11H,6-7H2,1-2H3,(H,17,18)(H2,15,16,19). The predicted octanol–water partition coefficient (Wildman–Crippen LogP) is 1.99. The number of benzene rings is 1. The lowest BCUT2D eigenvalue weighted by Crippen LogP contribution is -2.48. The van der Waals surface area contributed by atoms with Gasteiger partial charge in [0.1, 0.15) is 0 Å². The Labute approximate surface area is 117 Å². The molecule has 0 aromatic heterocycles. The highest BCUT2D eigenvalue weighted by Crippen LogP contribution is 2.23. The highest BCUT2D eigenvalue weighted by atomic mass is 16.5. The van der Waals surface area contributed by atoms with E-state index < -0.39 is 5.97 Å². The van der Waals surface area contributed by atoms with Gasteiger partial charge in [-0.05, 0) is 37.5 Å². The summed E-state index contributed by atoms with van der Waals surface area (Å²) in [5, 5.41) is 14.5. The number of nitrogens with one attached hydrogen (secondary N) is 2. The van der Waals surface area contributed by atoms with Crippen molar-refractivity contribution in [3.8, 4) is 0 Å². The SMILES string of the molecule is COC1CC(NC(=O)Nc2cc(C(=O)O)ccc2C)C1. The van der Waals surface area contributed by atoms with Crippen LogP contribution in [0, 0.1) is 6.92 Å². The summed E-state index contributed by atoms with van der Waals surface area (Å²) in [6.45, 7) is 1.81. The molecule has 0 aliphatic heterocycles. The lowest BCUT2D eigenvalue weighted by molar-refractivity contribution is 0.0210. The molecule has 0 heterocycles. The van der Waals surface area contributed by atoms with Crippen LogP contribution in [0.4, 0.5) is 10.5 Å². The number of hydrogen-bond donors (Lipinski definition) is 3. The van der Waals surface area contributed by atoms with Gasteiger partial charge in [0.2, 0.25) is 0 Å². The third-order valence-electron chi connectivity index (χ3n) is 3.50. The zero-order valence-electron chi connectivity index (χ0n) is 11.5. The Morgan fingerprint density at radius 3 is 2.65 bits per heavy atom. The number of ether oxygens (including phenoxy) is 1. The summed E-state index contributed by atoms with van der Waals surface area (Å²) in [7, 11) is 1.65. The first-order chi connectivity index (χ1) is 9.49. The fourth-order valence-corrected chi connectivity index (χ4v) is 2.11. The monoisotopic (exact) mass is 278 g/mol. The molecule has 1 aliphatic rings. The van der Waals surface area contributed by atoms with E-state index in [-0.39, 0.29) is 23.7 Å². The first-order valence-electron chi connectivity index (χ1n) is 6.44. The zero-order chi connectivity index (χ0) is 14.7. The van der Waals surface area contributed by atoms with Gasteiger partial charge in [0.15, 0.2) is 0 Å². The van der Waals surface area contributed by atoms with Crippen molar-refractivity contribution in [2.45, 2.75) is 31.9 Å². The Morgan fingerprint density at radius 2 is 2.05 bits per heavy atom. The molecule has 6 heteroatoms. The summed E-state index contributed by atoms with van der Waals surface area (Å²) in [5.74, 6) is -1.02. The number of methoxy groups -OCH3 is 1. The van der Waals surface area contributed by atoms with Gasteiger partial charge in [-0.3, -0.25) is 0 Å². The van der Waals surface area contributed by atoms with Gasteiger partial charge in [-0.15, -0.1) is 0 Å². The number of aromatic carboxylic acids is 1. The smallest absolute Gasteiger partial charge is 0.335 e. The second-order valence-electron chi connectivity index (χ2n) is 4.96. The first-order valence-corrected chi connectivity index (χ1v) is 6.44. The second kappa shape index (κ2) is 5.92. The third-order valence-corrected chi connectivity index (χ3v) is 3.50. The average Bonchev–Trinajstić information content (AvgIpc) is 2.35. The van der Waals surface area contributed by atoms with E-state index in [1.54, 1.807) is 13.2 Å². The third kappa shape index (κ3) is 3.27. The Kier molecular flexibility index (Phi) is 4.24. The van der Waals surface area contributed by atoms with Gasteiger partial charge in [-0.2, -0.15) is 0 Å². The molecule has 0 bridgehead atoms. The summed E-state index contributed by atoms with van der Waals surface area (Å²) in [6.07, 6.45) is 1.83. The minimum Gasteiger partial charge on any atom is -0.478 e. The number of aryl methyl sites for hydroxylation is 1. The van der Waals surface area contributed by atoms with Gasteiger partial charge in [-0.25, -0.2) is 9.59 Å². The number of urea groups is 1. The number of carboxylic acids is 1. The number of hydrogen-bond acceptors (Lipinski definition) is 3. The molecule has 1 aromatic carbocycles. The molecule has 1 aromatic rings. The number of carbonyl (C=O) groups excluding carboxylic acids is 1. The summed E-state index contributed by atoms with van der Waals surface area (Å²) >= 11 is 0. The molecule has 0 spiro atoms. The van der Waals surface area contributed by atoms with Crippen LogP contribution in [-0.4, -0.2) is 36.4 Å². The van der Waals surface area contributed by atoms with Crippen LogP contribution < -0.4 is 10.6 Å². The zero-order valence-corrected chi connectivity index (χ0v) is 11.5. The summed E-state index contributed by atoms with van der Waals surface area (Å²) in [4.78, 5) is 22.7. The molecule has 0 atom stereocenters. The minimum absolute atomic E-state index is 0.114. The number of carboxylic acid groups (broad SMARTS) is 1. The van der Waals surface area contributed by atoms with Crippen molar-refractivity contribution < 1.29 is 19.4 Å². The second-order valence-corrected chi connectivity index (χ2v) is 4.96. The lowest BCUT2D eigenvalue weighted by atomic mass is 9.89. The molecule has 108 valence electrons. The van der Waals surface area contributed by atoms with Crippen LogP contribution in [0.2, 0.25) is 0 Å². The Morgan fingerprint density at radius 1 is 1.35 bits per heavy atom. The highest BCUT2D eigenvalue weighted by Gasteiger charge is 2.30. The minimum atomic E-state index is -1.02. The van der Waals surface area contributed by atoms with E-state index in [0.29, 0.717) is 5.69 Å². The molecule has 2 rings (SSSR count). The van der Waals surface area contributed by atoms with Crippen molar-refractivity contribution in [3.63, 3.8) is 0 Å². The van der Waals surface area contributed by atoms with E-state index in [0.717, 1.165) is 18.4 Å². The number of amides is 2. The Bertz CT molecular complexity index is 524. The summed E-state index contributed by atoms with van der Waals surface area (Å²) in [5.41, 5.74) is 1.47. The van der Waals surface area contributed by atoms with Crippen molar-refractivity contribution >= 4 is 17.7 Å². The molecular weight excluding hydrogens is 260 g/mol. The normalized spacial score (nSPS) is 20.9. The van der Waals surface area contributed by atoms with E-state index >= 15 is 0 Å². The largest absolute Gasteiger partial charge is 0.478 e. The molecule has 1 saturated carbocycles. The van der Waals surface area contributed by atoms with Gasteiger partial charge in [0.25, 0.3) is 0 Å². The average molecular weight is 278 g/mol. The van der Waals surface area contributed by atoms with Crippen LogP contribution in [0.25, 0.3) is 0 Å². The van der Waals surface area contributed by atoms with Crippen molar-refractivity contribution in [3.05, 3.63) is 29.3 Å². The predicted molar refractivity (Wildman–Crippen MR) is 74.1 cm³/mol. The molecule has 6 nitrogen and oxygen atoms in total. The Hall–Kier alpha value is -2.08. The van der Waals surface area contributed by atoms with Gasteiger partial charge in [-0.1, -0.05) is 6.07 Å². The molecule has 0 radical (unpaired) electrons. The number of carbonyl (C=O) groups is 2. The molecule has 1 aliphatic carbocycles. The van der Waals surface area contributed by atoms with Gasteiger partial charge < -0.3 is 20.5 Å². The van der Waals surface area contributed by atoms with Crippen molar-refractivity contribution in [1.82, 2.24) is 5.32 Å². The number of anilines is 1. The van der Waals surface area contributed by atoms with Gasteiger partial charge >= 0.3 is 12.0 Å². The molecular formula is C14H18N2O4. The first kappa shape index (κ1) is 14.3. The molecule has 2 amide bonds. The maximum atomic E-state index is 11.8. The van der Waals surface area contributed by atoms with E-state index in [9.17, 15) is 9.59 Å². The molecule has 0 unspecified atom stereocenters. The molecule has 20 heavy (non-hydrogen) atoms. The van der Waals surface area contributed by atoms with Crippen LogP contribution in [-0.2, 0) is 4.74 Å². The summed E-state index contributed by atoms with van der Waals surface area (Å²) in [6, 6.07) is 4.42. The fraction of sp³-hybridized carbons (Fsp3) is 0.429. The van der Waals surface area contributed by atoms with Crippen molar-refractivity contribution in [2.75, 3.05) is 12.4 Å². The van der Waals surface area contributed by atoms with E-state index in [1.807, 2.05) is 6.92 Å². The van der Waals surface area contributed by atoms with Crippen LogP contribution in [0.5, 0.6) is 0 Å². The molecule has 0 saturated heterocycles. The summed E-state index contributed by atoms with van der Waals surface area (Å²) < 4.78 is 5.14. The van der Waals surface area contributed by atoms with Crippen LogP contribution in [0.1, 0.15) is 28.8 Å². The van der Waals surface area contributed by atoms with Crippen LogP contribution in [0.3, 0.4) is 0 Å². The van der Waals surface area contributed by atoms with E-state index in [4.69, 9.17) is 9.84 Å². The van der Waals surface area contributed by atoms with Crippen LogP contribution in [0.15, 0.2) is 18.2 Å². The van der Waals surface area contributed by atoms with Gasteiger partial charge in [0, 0.05) is 18.8 Å². The van der Waals surface area contributed by atoms with Crippen molar-refractivity contribution in [2.24, 2.45) is 0 Å². The van der Waals surface area contributed by atoms with Crippen molar-refractivity contribution in [1.29, 1.82) is 0 Å². The molecule has 3 N–H and O–H groups in total. The quantitative estimate of drug-likeness (QED) is 0.786.